The van der Waals surface area contributed by atoms with E-state index >= 15 is 0 Å². The molecule has 0 spiro atoms. The second-order valence-electron chi connectivity index (χ2n) is 2.21. The topological polar surface area (TPSA) is 75.6 Å². The molecule has 0 radical (unpaired) electrons. The summed E-state index contributed by atoms with van der Waals surface area (Å²) in [7, 11) is 1.19. The van der Waals surface area contributed by atoms with Gasteiger partial charge in [-0.05, 0) is 6.92 Å². The standard InChI is InChI=1S/C7H11NO4/c1-4(2)5(9)8-6(12-3)7(10)11/h6H,1H2,2-3H3,(H,8,9)(H,10,11)/t6-/m1/s1. The van der Waals surface area contributed by atoms with Crippen LogP contribution >= 0.6 is 0 Å². The number of amides is 1. The number of carbonyl (C=O) groups is 2. The highest BCUT2D eigenvalue weighted by atomic mass is 16.5. The quantitative estimate of drug-likeness (QED) is 0.453. The van der Waals surface area contributed by atoms with Gasteiger partial charge in [0.2, 0.25) is 12.1 Å². The van der Waals surface area contributed by atoms with Crippen LogP contribution in [-0.4, -0.2) is 30.3 Å². The molecule has 0 aromatic heterocycles. The molecular weight excluding hydrogens is 162 g/mol. The summed E-state index contributed by atoms with van der Waals surface area (Å²) in [5.41, 5.74) is 0.235. The van der Waals surface area contributed by atoms with Crippen molar-refractivity contribution in [3.05, 3.63) is 12.2 Å². The highest BCUT2D eigenvalue weighted by molar-refractivity contribution is 5.94. The van der Waals surface area contributed by atoms with Gasteiger partial charge in [0.05, 0.1) is 0 Å². The Hall–Kier alpha value is -1.36. The van der Waals surface area contributed by atoms with E-state index < -0.39 is 18.1 Å². The van der Waals surface area contributed by atoms with E-state index in [4.69, 9.17) is 5.11 Å². The maximum atomic E-state index is 10.9. The van der Waals surface area contributed by atoms with Gasteiger partial charge >= 0.3 is 5.97 Å². The Morgan fingerprint density at radius 3 is 2.33 bits per heavy atom. The number of carboxylic acids is 1. The number of ether oxygens (including phenoxy) is 1. The van der Waals surface area contributed by atoms with Crippen molar-refractivity contribution in [3.8, 4) is 0 Å². The van der Waals surface area contributed by atoms with Crippen LogP contribution in [0.4, 0.5) is 0 Å². The summed E-state index contributed by atoms with van der Waals surface area (Å²) in [6.07, 6.45) is -1.31. The number of carbonyl (C=O) groups excluding carboxylic acids is 1. The summed E-state index contributed by atoms with van der Waals surface area (Å²) in [6, 6.07) is 0. The van der Waals surface area contributed by atoms with Gasteiger partial charge < -0.3 is 15.2 Å². The Morgan fingerprint density at radius 2 is 2.08 bits per heavy atom. The predicted octanol–water partition coefficient (Wildman–Crippen LogP) is -0.264. The third kappa shape index (κ3) is 3.16. The molecule has 5 heteroatoms. The maximum absolute atomic E-state index is 10.9. The molecule has 2 N–H and O–H groups in total. The maximum Gasteiger partial charge on any atom is 0.354 e. The van der Waals surface area contributed by atoms with Crippen LogP contribution in [0.15, 0.2) is 12.2 Å². The van der Waals surface area contributed by atoms with E-state index in [1.165, 1.54) is 14.0 Å². The van der Waals surface area contributed by atoms with Crippen LogP contribution < -0.4 is 5.32 Å². The van der Waals surface area contributed by atoms with Crippen molar-refractivity contribution in [1.82, 2.24) is 5.32 Å². The lowest BCUT2D eigenvalue weighted by Crippen LogP contribution is -2.42. The second kappa shape index (κ2) is 4.50. The Morgan fingerprint density at radius 1 is 1.58 bits per heavy atom. The lowest BCUT2D eigenvalue weighted by atomic mass is 10.3. The van der Waals surface area contributed by atoms with Crippen molar-refractivity contribution < 1.29 is 19.4 Å². The third-order valence-electron chi connectivity index (χ3n) is 1.11. The van der Waals surface area contributed by atoms with Crippen molar-refractivity contribution in [3.63, 3.8) is 0 Å². The number of carboxylic acid groups (broad SMARTS) is 1. The molecule has 0 aromatic carbocycles. The van der Waals surface area contributed by atoms with Crippen LogP contribution in [0, 0.1) is 0 Å². The van der Waals surface area contributed by atoms with Gasteiger partial charge in [-0.3, -0.25) is 4.79 Å². The van der Waals surface area contributed by atoms with Crippen LogP contribution in [0.3, 0.4) is 0 Å². The molecular formula is C7H11NO4. The van der Waals surface area contributed by atoms with Crippen LogP contribution in [0.5, 0.6) is 0 Å². The minimum absolute atomic E-state index is 0.235. The largest absolute Gasteiger partial charge is 0.478 e. The van der Waals surface area contributed by atoms with E-state index in [9.17, 15) is 9.59 Å². The molecule has 0 aliphatic carbocycles. The second-order valence-corrected chi connectivity index (χ2v) is 2.21. The molecule has 1 amide bonds. The van der Waals surface area contributed by atoms with Crippen molar-refractivity contribution in [2.24, 2.45) is 0 Å². The Balaban J connectivity index is 4.12. The van der Waals surface area contributed by atoms with E-state index in [-0.39, 0.29) is 5.57 Å². The van der Waals surface area contributed by atoms with E-state index in [0.29, 0.717) is 0 Å². The fourth-order valence-corrected chi connectivity index (χ4v) is 0.464. The van der Waals surface area contributed by atoms with Gasteiger partial charge in [0.1, 0.15) is 0 Å². The first-order valence-corrected chi connectivity index (χ1v) is 3.21. The number of aliphatic carboxylic acids is 1. The summed E-state index contributed by atoms with van der Waals surface area (Å²) >= 11 is 0. The Labute approximate surface area is 70.0 Å². The minimum atomic E-state index is -1.31. The zero-order valence-electron chi connectivity index (χ0n) is 6.96. The third-order valence-corrected chi connectivity index (χ3v) is 1.11. The van der Waals surface area contributed by atoms with Crippen molar-refractivity contribution in [2.75, 3.05) is 7.11 Å². The monoisotopic (exact) mass is 173 g/mol. The molecule has 0 fully saturated rings. The van der Waals surface area contributed by atoms with Crippen molar-refractivity contribution >= 4 is 11.9 Å². The summed E-state index contributed by atoms with van der Waals surface area (Å²) < 4.78 is 4.46. The van der Waals surface area contributed by atoms with Crippen LogP contribution in [-0.2, 0) is 14.3 Å². The molecule has 1 atom stereocenters. The number of nitrogens with one attached hydrogen (secondary N) is 1. The number of methoxy groups -OCH3 is 1. The van der Waals surface area contributed by atoms with Gasteiger partial charge in [-0.25, -0.2) is 4.79 Å². The van der Waals surface area contributed by atoms with Gasteiger partial charge in [0.25, 0.3) is 0 Å². The van der Waals surface area contributed by atoms with E-state index in [2.05, 4.69) is 16.6 Å². The Bertz CT molecular complexity index is 211. The highest BCUT2D eigenvalue weighted by Gasteiger charge is 2.18. The fourth-order valence-electron chi connectivity index (χ4n) is 0.464. The van der Waals surface area contributed by atoms with Crippen LogP contribution in [0.1, 0.15) is 6.92 Å². The van der Waals surface area contributed by atoms with Gasteiger partial charge in [0.15, 0.2) is 0 Å². The molecule has 0 aromatic rings. The number of rotatable bonds is 4. The molecule has 12 heavy (non-hydrogen) atoms. The summed E-state index contributed by atoms with van der Waals surface area (Å²) in [4.78, 5) is 21.2. The van der Waals surface area contributed by atoms with Crippen molar-refractivity contribution in [2.45, 2.75) is 13.2 Å². The van der Waals surface area contributed by atoms with Crippen molar-refractivity contribution in [1.29, 1.82) is 0 Å². The fraction of sp³-hybridized carbons (Fsp3) is 0.429. The van der Waals surface area contributed by atoms with Gasteiger partial charge in [-0.1, -0.05) is 6.58 Å². The minimum Gasteiger partial charge on any atom is -0.478 e. The molecule has 0 rings (SSSR count). The zero-order chi connectivity index (χ0) is 9.72. The van der Waals surface area contributed by atoms with E-state index in [0.717, 1.165) is 0 Å². The summed E-state index contributed by atoms with van der Waals surface area (Å²) in [6.45, 7) is 4.82. The first-order chi connectivity index (χ1) is 5.49. The van der Waals surface area contributed by atoms with Gasteiger partial charge in [-0.15, -0.1) is 0 Å². The molecule has 0 saturated heterocycles. The first kappa shape index (κ1) is 10.6. The average Bonchev–Trinajstić information content (AvgIpc) is 1.98. The molecule has 68 valence electrons. The average molecular weight is 173 g/mol. The molecule has 0 bridgehead atoms. The molecule has 0 aliphatic heterocycles. The Kier molecular flexibility index (Phi) is 3.99. The van der Waals surface area contributed by atoms with E-state index in [1.54, 1.807) is 0 Å². The van der Waals surface area contributed by atoms with Gasteiger partial charge in [0, 0.05) is 12.7 Å². The first-order valence-electron chi connectivity index (χ1n) is 3.21. The molecule has 0 heterocycles. The highest BCUT2D eigenvalue weighted by Crippen LogP contribution is 1.90. The number of hydrogen-bond acceptors (Lipinski definition) is 3. The summed E-state index contributed by atoms with van der Waals surface area (Å²) in [5, 5.41) is 10.5. The SMILES string of the molecule is C=C(C)C(=O)N[C@H](OC)C(=O)O. The van der Waals surface area contributed by atoms with E-state index in [1.807, 2.05) is 0 Å². The smallest absolute Gasteiger partial charge is 0.354 e. The van der Waals surface area contributed by atoms with Crippen LogP contribution in [0.2, 0.25) is 0 Å². The molecule has 0 saturated carbocycles. The molecule has 0 unspecified atom stereocenters. The van der Waals surface area contributed by atoms with Gasteiger partial charge in [-0.2, -0.15) is 0 Å². The predicted molar refractivity (Wildman–Crippen MR) is 41.4 cm³/mol. The molecule has 5 nitrogen and oxygen atoms in total. The molecule has 0 aliphatic rings. The normalized spacial score (nSPS) is 11.8. The van der Waals surface area contributed by atoms with Crippen LogP contribution in [0.25, 0.3) is 0 Å². The summed E-state index contributed by atoms with van der Waals surface area (Å²) in [5.74, 6) is -1.78. The lowest BCUT2D eigenvalue weighted by molar-refractivity contribution is -0.152. The zero-order valence-corrected chi connectivity index (χ0v) is 6.96. The number of hydrogen-bond donors (Lipinski definition) is 2. The lowest BCUT2D eigenvalue weighted by Gasteiger charge is -2.11.